The van der Waals surface area contributed by atoms with Crippen molar-refractivity contribution in [3.8, 4) is 0 Å². The average molecular weight is 346 g/mol. The molecule has 1 aromatic heterocycles. The van der Waals surface area contributed by atoms with Crippen LogP contribution < -0.4 is 0 Å². The van der Waals surface area contributed by atoms with E-state index >= 15 is 0 Å². The molecule has 1 saturated carbocycles. The molecular weight excluding hydrogens is 324 g/mol. The molecular formula is C18H22N2O3S. The third-order valence-electron chi connectivity index (χ3n) is 4.29. The normalized spacial score (nSPS) is 18.1. The Bertz CT molecular complexity index is 769. The van der Waals surface area contributed by atoms with Gasteiger partial charge in [0.2, 0.25) is 0 Å². The molecule has 2 aromatic rings. The van der Waals surface area contributed by atoms with Gasteiger partial charge in [0.15, 0.2) is 5.16 Å². The molecule has 0 amide bonds. The van der Waals surface area contributed by atoms with E-state index in [1.54, 1.807) is 30.8 Å². The second-order valence-electron chi connectivity index (χ2n) is 5.88. The number of benzene rings is 1. The van der Waals surface area contributed by atoms with Crippen molar-refractivity contribution in [1.82, 2.24) is 9.55 Å². The van der Waals surface area contributed by atoms with E-state index in [4.69, 9.17) is 4.74 Å². The predicted octanol–water partition coefficient (Wildman–Crippen LogP) is 3.84. The summed E-state index contributed by atoms with van der Waals surface area (Å²) in [6.07, 6.45) is 3.70. The molecule has 0 saturated heterocycles. The highest BCUT2D eigenvalue weighted by atomic mass is 32.2. The van der Waals surface area contributed by atoms with Crippen molar-refractivity contribution in [3.05, 3.63) is 23.8 Å². The molecule has 128 valence electrons. The van der Waals surface area contributed by atoms with Gasteiger partial charge in [-0.3, -0.25) is 4.79 Å². The SMILES string of the molecule is CCOC(=O)c1ccc2c(c1)nc(SC1CCCCC1=O)n2CC. The molecule has 0 bridgehead atoms. The Labute approximate surface area is 145 Å². The van der Waals surface area contributed by atoms with E-state index < -0.39 is 0 Å². The Hall–Kier alpha value is -1.82. The first kappa shape index (κ1) is 17.0. The summed E-state index contributed by atoms with van der Waals surface area (Å²) >= 11 is 1.56. The third-order valence-corrected chi connectivity index (χ3v) is 5.59. The molecule has 6 heteroatoms. The van der Waals surface area contributed by atoms with Crippen LogP contribution in [0.25, 0.3) is 11.0 Å². The van der Waals surface area contributed by atoms with Crippen molar-refractivity contribution in [1.29, 1.82) is 0 Å². The Balaban J connectivity index is 1.92. The van der Waals surface area contributed by atoms with Crippen LogP contribution in [-0.4, -0.2) is 33.2 Å². The molecule has 0 aliphatic heterocycles. The highest BCUT2D eigenvalue weighted by molar-refractivity contribution is 8.00. The lowest BCUT2D eigenvalue weighted by Crippen LogP contribution is -2.21. The number of carbonyl (C=O) groups is 2. The van der Waals surface area contributed by atoms with Crippen molar-refractivity contribution < 1.29 is 14.3 Å². The molecule has 24 heavy (non-hydrogen) atoms. The number of fused-ring (bicyclic) bond motifs is 1. The quantitative estimate of drug-likeness (QED) is 0.770. The fourth-order valence-corrected chi connectivity index (χ4v) is 4.34. The molecule has 1 unspecified atom stereocenters. The molecule has 1 aliphatic rings. The predicted molar refractivity (Wildman–Crippen MR) is 94.5 cm³/mol. The fourth-order valence-electron chi connectivity index (χ4n) is 3.05. The summed E-state index contributed by atoms with van der Waals surface area (Å²) < 4.78 is 7.16. The maximum atomic E-state index is 12.1. The third kappa shape index (κ3) is 3.34. The van der Waals surface area contributed by atoms with Crippen LogP contribution in [0.3, 0.4) is 0 Å². The molecule has 5 nitrogen and oxygen atoms in total. The van der Waals surface area contributed by atoms with Crippen LogP contribution in [0.1, 0.15) is 49.9 Å². The van der Waals surface area contributed by atoms with Crippen LogP contribution in [0.15, 0.2) is 23.4 Å². The van der Waals surface area contributed by atoms with Crippen molar-refractivity contribution in [3.63, 3.8) is 0 Å². The minimum atomic E-state index is -0.331. The summed E-state index contributed by atoms with van der Waals surface area (Å²) in [4.78, 5) is 28.7. The van der Waals surface area contributed by atoms with Gasteiger partial charge in [0.25, 0.3) is 0 Å². The van der Waals surface area contributed by atoms with Crippen LogP contribution in [0.5, 0.6) is 0 Å². The summed E-state index contributed by atoms with van der Waals surface area (Å²) in [6, 6.07) is 5.45. The Morgan fingerprint density at radius 2 is 2.21 bits per heavy atom. The largest absolute Gasteiger partial charge is 0.462 e. The highest BCUT2D eigenvalue weighted by Crippen LogP contribution is 2.33. The first-order chi connectivity index (χ1) is 11.6. The van der Waals surface area contributed by atoms with Gasteiger partial charge in [-0.1, -0.05) is 18.2 Å². The van der Waals surface area contributed by atoms with Gasteiger partial charge in [0, 0.05) is 13.0 Å². The highest BCUT2D eigenvalue weighted by Gasteiger charge is 2.25. The van der Waals surface area contributed by atoms with Crippen LogP contribution in [0.4, 0.5) is 0 Å². The van der Waals surface area contributed by atoms with Crippen LogP contribution in [-0.2, 0) is 16.1 Å². The number of carbonyl (C=O) groups excluding carboxylic acids is 2. The number of ketones is 1. The Morgan fingerprint density at radius 3 is 2.92 bits per heavy atom. The lowest BCUT2D eigenvalue weighted by atomic mass is 9.99. The maximum absolute atomic E-state index is 12.1. The topological polar surface area (TPSA) is 61.2 Å². The standard InChI is InChI=1S/C18H22N2O3S/c1-3-20-14-10-9-12(17(22)23-4-2)11-13(14)19-18(20)24-16-8-6-5-7-15(16)21/h9-11,16H,3-8H2,1-2H3. The molecule has 1 aliphatic carbocycles. The Morgan fingerprint density at radius 1 is 1.38 bits per heavy atom. The maximum Gasteiger partial charge on any atom is 0.338 e. The molecule has 3 rings (SSSR count). The molecule has 0 N–H and O–H groups in total. The monoisotopic (exact) mass is 346 g/mol. The zero-order valence-electron chi connectivity index (χ0n) is 14.1. The van der Waals surface area contributed by atoms with Crippen molar-refractivity contribution >= 4 is 34.5 Å². The van der Waals surface area contributed by atoms with Gasteiger partial charge in [0.1, 0.15) is 5.78 Å². The summed E-state index contributed by atoms with van der Waals surface area (Å²) in [5.74, 6) is -0.00437. The van der Waals surface area contributed by atoms with Gasteiger partial charge in [-0.2, -0.15) is 0 Å². The zero-order valence-corrected chi connectivity index (χ0v) is 14.9. The van der Waals surface area contributed by atoms with E-state index in [1.807, 2.05) is 6.07 Å². The number of nitrogens with zero attached hydrogens (tertiary/aromatic N) is 2. The van der Waals surface area contributed by atoms with Crippen LogP contribution >= 0.6 is 11.8 Å². The molecule has 0 radical (unpaired) electrons. The first-order valence-corrected chi connectivity index (χ1v) is 9.38. The van der Waals surface area contributed by atoms with Crippen LogP contribution in [0, 0.1) is 0 Å². The van der Waals surface area contributed by atoms with E-state index in [9.17, 15) is 9.59 Å². The Kier molecular flexibility index (Phi) is 5.23. The number of rotatable bonds is 5. The van der Waals surface area contributed by atoms with Gasteiger partial charge in [-0.25, -0.2) is 9.78 Å². The van der Waals surface area contributed by atoms with Gasteiger partial charge in [-0.15, -0.1) is 0 Å². The number of hydrogen-bond donors (Lipinski definition) is 0. The fraction of sp³-hybridized carbons (Fsp3) is 0.500. The van der Waals surface area contributed by atoms with E-state index in [1.165, 1.54) is 0 Å². The minimum absolute atomic E-state index is 0.00499. The summed E-state index contributed by atoms with van der Waals surface area (Å²) in [5, 5.41) is 0.860. The molecule has 1 heterocycles. The number of ether oxygens (including phenoxy) is 1. The molecule has 1 aromatic carbocycles. The smallest absolute Gasteiger partial charge is 0.338 e. The van der Waals surface area contributed by atoms with E-state index in [0.717, 1.165) is 42.0 Å². The van der Waals surface area contributed by atoms with Crippen molar-refractivity contribution in [2.75, 3.05) is 6.61 Å². The number of aromatic nitrogens is 2. The summed E-state index contributed by atoms with van der Waals surface area (Å²) in [7, 11) is 0. The number of Topliss-reactive ketones (excluding diaryl/α,β-unsaturated/α-hetero) is 1. The van der Waals surface area contributed by atoms with E-state index in [0.29, 0.717) is 24.4 Å². The molecule has 1 fully saturated rings. The summed E-state index contributed by atoms with van der Waals surface area (Å²) in [5.41, 5.74) is 2.26. The van der Waals surface area contributed by atoms with Crippen molar-refractivity contribution in [2.24, 2.45) is 0 Å². The van der Waals surface area contributed by atoms with Gasteiger partial charge >= 0.3 is 5.97 Å². The summed E-state index contributed by atoms with van der Waals surface area (Å²) in [6.45, 7) is 4.98. The van der Waals surface area contributed by atoms with Gasteiger partial charge in [0.05, 0.1) is 28.5 Å². The minimum Gasteiger partial charge on any atom is -0.462 e. The van der Waals surface area contributed by atoms with Crippen LogP contribution in [0.2, 0.25) is 0 Å². The average Bonchev–Trinajstić information content (AvgIpc) is 2.93. The van der Waals surface area contributed by atoms with Gasteiger partial charge < -0.3 is 9.30 Å². The van der Waals surface area contributed by atoms with Crippen molar-refractivity contribution in [2.45, 2.75) is 56.5 Å². The number of thioether (sulfide) groups is 1. The lowest BCUT2D eigenvalue weighted by molar-refractivity contribution is -0.119. The number of aryl methyl sites for hydroxylation is 1. The van der Waals surface area contributed by atoms with Gasteiger partial charge in [-0.05, 0) is 44.9 Å². The lowest BCUT2D eigenvalue weighted by Gasteiger charge is -2.19. The number of imidazole rings is 1. The van der Waals surface area contributed by atoms with E-state index in [2.05, 4.69) is 16.5 Å². The van der Waals surface area contributed by atoms with E-state index in [-0.39, 0.29) is 11.2 Å². The second kappa shape index (κ2) is 7.38. The molecule has 0 spiro atoms. The number of esters is 1. The second-order valence-corrected chi connectivity index (χ2v) is 7.05. The number of hydrogen-bond acceptors (Lipinski definition) is 5. The molecule has 1 atom stereocenters. The first-order valence-electron chi connectivity index (χ1n) is 8.50. The zero-order chi connectivity index (χ0) is 17.1.